The van der Waals surface area contributed by atoms with Crippen molar-refractivity contribution < 1.29 is 0 Å². The standard InChI is InChI=1S/C19H15N3S/c1-14-17(12-20-22(14)16-10-6-3-7-11-16)18-13-23-19(21-18)15-8-4-2-5-9-15/h2-13H,1H3. The van der Waals surface area contributed by atoms with Gasteiger partial charge in [0.15, 0.2) is 0 Å². The number of rotatable bonds is 3. The molecule has 0 atom stereocenters. The molecule has 0 aliphatic carbocycles. The van der Waals surface area contributed by atoms with Crippen LogP contribution in [0.1, 0.15) is 5.69 Å². The highest BCUT2D eigenvalue weighted by molar-refractivity contribution is 7.13. The van der Waals surface area contributed by atoms with Gasteiger partial charge in [-0.2, -0.15) is 5.10 Å². The molecule has 3 nitrogen and oxygen atoms in total. The maximum atomic E-state index is 4.78. The minimum absolute atomic E-state index is 0.980. The van der Waals surface area contributed by atoms with Crippen molar-refractivity contribution in [3.05, 3.63) is 77.9 Å². The van der Waals surface area contributed by atoms with E-state index in [1.807, 2.05) is 47.3 Å². The minimum atomic E-state index is 0.980. The number of benzene rings is 2. The van der Waals surface area contributed by atoms with Crippen LogP contribution in [0.3, 0.4) is 0 Å². The number of nitrogens with zero attached hydrogens (tertiary/aromatic N) is 3. The molecule has 0 spiro atoms. The van der Waals surface area contributed by atoms with Crippen molar-refractivity contribution in [2.24, 2.45) is 0 Å². The lowest BCUT2D eigenvalue weighted by molar-refractivity contribution is 0.847. The molecule has 0 saturated heterocycles. The minimum Gasteiger partial charge on any atom is -0.237 e. The molecule has 0 amide bonds. The van der Waals surface area contributed by atoms with Crippen LogP contribution in [0.15, 0.2) is 72.2 Å². The Bertz CT molecular complexity index is 924. The van der Waals surface area contributed by atoms with Crippen LogP contribution in [0, 0.1) is 6.92 Å². The fraction of sp³-hybridized carbons (Fsp3) is 0.0526. The second kappa shape index (κ2) is 5.82. The molecule has 2 aromatic heterocycles. The highest BCUT2D eigenvalue weighted by Crippen LogP contribution is 2.30. The Kier molecular flexibility index (Phi) is 3.52. The summed E-state index contributed by atoms with van der Waals surface area (Å²) < 4.78 is 1.96. The number of hydrogen-bond acceptors (Lipinski definition) is 3. The molecule has 0 saturated carbocycles. The zero-order valence-electron chi connectivity index (χ0n) is 12.7. The van der Waals surface area contributed by atoms with E-state index in [0.717, 1.165) is 33.2 Å². The molecule has 0 radical (unpaired) electrons. The van der Waals surface area contributed by atoms with E-state index < -0.39 is 0 Å². The van der Waals surface area contributed by atoms with E-state index >= 15 is 0 Å². The van der Waals surface area contributed by atoms with Gasteiger partial charge in [-0.15, -0.1) is 11.3 Å². The van der Waals surface area contributed by atoms with E-state index in [4.69, 9.17) is 4.98 Å². The predicted octanol–water partition coefficient (Wildman–Crippen LogP) is 4.97. The average molecular weight is 317 g/mol. The van der Waals surface area contributed by atoms with Crippen molar-refractivity contribution in [3.8, 4) is 27.5 Å². The fourth-order valence-corrected chi connectivity index (χ4v) is 3.43. The molecular formula is C19H15N3S. The summed E-state index contributed by atoms with van der Waals surface area (Å²) in [6.45, 7) is 2.08. The molecule has 0 N–H and O–H groups in total. The van der Waals surface area contributed by atoms with Crippen molar-refractivity contribution in [1.82, 2.24) is 14.8 Å². The number of para-hydroxylation sites is 1. The van der Waals surface area contributed by atoms with E-state index in [1.54, 1.807) is 11.3 Å². The first-order chi connectivity index (χ1) is 11.3. The van der Waals surface area contributed by atoms with E-state index in [9.17, 15) is 0 Å². The largest absolute Gasteiger partial charge is 0.237 e. The first-order valence-corrected chi connectivity index (χ1v) is 8.32. The van der Waals surface area contributed by atoms with Gasteiger partial charge in [-0.25, -0.2) is 9.67 Å². The van der Waals surface area contributed by atoms with Crippen LogP contribution < -0.4 is 0 Å². The summed E-state index contributed by atoms with van der Waals surface area (Å²) in [6.07, 6.45) is 1.90. The van der Waals surface area contributed by atoms with Crippen molar-refractivity contribution in [3.63, 3.8) is 0 Å². The van der Waals surface area contributed by atoms with Gasteiger partial charge in [0.2, 0.25) is 0 Å². The quantitative estimate of drug-likeness (QED) is 0.534. The molecule has 112 valence electrons. The van der Waals surface area contributed by atoms with Gasteiger partial charge in [0, 0.05) is 16.5 Å². The Balaban J connectivity index is 1.73. The van der Waals surface area contributed by atoms with Gasteiger partial charge >= 0.3 is 0 Å². The SMILES string of the molecule is Cc1c(-c2csc(-c3ccccc3)n2)cnn1-c1ccccc1. The molecule has 0 fully saturated rings. The normalized spacial score (nSPS) is 10.8. The van der Waals surface area contributed by atoms with Gasteiger partial charge in [-0.3, -0.25) is 0 Å². The van der Waals surface area contributed by atoms with E-state index in [-0.39, 0.29) is 0 Å². The second-order valence-electron chi connectivity index (χ2n) is 5.29. The second-order valence-corrected chi connectivity index (χ2v) is 6.15. The molecule has 0 aliphatic heterocycles. The number of hydrogen-bond donors (Lipinski definition) is 0. The van der Waals surface area contributed by atoms with E-state index in [1.165, 1.54) is 0 Å². The lowest BCUT2D eigenvalue weighted by Gasteiger charge is -2.04. The fourth-order valence-electron chi connectivity index (χ4n) is 2.60. The lowest BCUT2D eigenvalue weighted by Crippen LogP contribution is -1.98. The molecule has 0 bridgehead atoms. The summed E-state index contributed by atoms with van der Waals surface area (Å²) >= 11 is 1.66. The van der Waals surface area contributed by atoms with Gasteiger partial charge in [0.05, 0.1) is 23.3 Å². The van der Waals surface area contributed by atoms with Crippen molar-refractivity contribution in [2.45, 2.75) is 6.92 Å². The monoisotopic (exact) mass is 317 g/mol. The van der Waals surface area contributed by atoms with Gasteiger partial charge in [0.1, 0.15) is 5.01 Å². The van der Waals surface area contributed by atoms with Crippen molar-refractivity contribution in [2.75, 3.05) is 0 Å². The molecule has 0 aliphatic rings. The highest BCUT2D eigenvalue weighted by atomic mass is 32.1. The maximum absolute atomic E-state index is 4.78. The van der Waals surface area contributed by atoms with Crippen LogP contribution >= 0.6 is 11.3 Å². The summed E-state index contributed by atoms with van der Waals surface area (Å²) in [5.41, 5.74) is 5.37. The Morgan fingerprint density at radius 1 is 0.913 bits per heavy atom. The van der Waals surface area contributed by atoms with Gasteiger partial charge < -0.3 is 0 Å². The third kappa shape index (κ3) is 2.58. The summed E-state index contributed by atoms with van der Waals surface area (Å²) in [5, 5.41) is 7.66. The zero-order valence-corrected chi connectivity index (χ0v) is 13.5. The first-order valence-electron chi connectivity index (χ1n) is 7.44. The smallest absolute Gasteiger partial charge is 0.124 e. The Labute approximate surface area is 138 Å². The Hall–Kier alpha value is -2.72. The van der Waals surface area contributed by atoms with Gasteiger partial charge in [-0.1, -0.05) is 48.5 Å². The number of thiazole rings is 1. The summed E-state index contributed by atoms with van der Waals surface area (Å²) in [6, 6.07) is 20.4. The van der Waals surface area contributed by atoms with Crippen molar-refractivity contribution >= 4 is 11.3 Å². The molecule has 0 unspecified atom stereocenters. The molecule has 2 aromatic carbocycles. The van der Waals surface area contributed by atoms with Crippen LogP contribution in [0.25, 0.3) is 27.5 Å². The molecule has 2 heterocycles. The molecule has 23 heavy (non-hydrogen) atoms. The lowest BCUT2D eigenvalue weighted by atomic mass is 10.2. The average Bonchev–Trinajstić information content (AvgIpc) is 3.23. The van der Waals surface area contributed by atoms with E-state index in [0.29, 0.717) is 0 Å². The number of aromatic nitrogens is 3. The van der Waals surface area contributed by atoms with E-state index in [2.05, 4.69) is 41.7 Å². The van der Waals surface area contributed by atoms with Crippen molar-refractivity contribution in [1.29, 1.82) is 0 Å². The molecule has 4 aromatic rings. The summed E-state index contributed by atoms with van der Waals surface area (Å²) in [4.78, 5) is 4.78. The van der Waals surface area contributed by atoms with Gasteiger partial charge in [0.25, 0.3) is 0 Å². The third-order valence-corrected chi connectivity index (χ3v) is 4.70. The summed E-state index contributed by atoms with van der Waals surface area (Å²) in [7, 11) is 0. The van der Waals surface area contributed by atoms with Crippen LogP contribution in [0.5, 0.6) is 0 Å². The Morgan fingerprint density at radius 3 is 2.35 bits per heavy atom. The van der Waals surface area contributed by atoms with Gasteiger partial charge in [-0.05, 0) is 19.1 Å². The zero-order chi connectivity index (χ0) is 15.6. The van der Waals surface area contributed by atoms with Crippen LogP contribution in [-0.4, -0.2) is 14.8 Å². The molecule has 4 heteroatoms. The third-order valence-electron chi connectivity index (χ3n) is 3.81. The molecular weight excluding hydrogens is 302 g/mol. The Morgan fingerprint density at radius 2 is 1.61 bits per heavy atom. The van der Waals surface area contributed by atoms with Crippen LogP contribution in [-0.2, 0) is 0 Å². The highest BCUT2D eigenvalue weighted by Gasteiger charge is 2.13. The first kappa shape index (κ1) is 13.9. The topological polar surface area (TPSA) is 30.7 Å². The predicted molar refractivity (Wildman–Crippen MR) is 94.8 cm³/mol. The van der Waals surface area contributed by atoms with Crippen LogP contribution in [0.4, 0.5) is 0 Å². The summed E-state index contributed by atoms with van der Waals surface area (Å²) in [5.74, 6) is 0. The molecule has 4 rings (SSSR count). The van der Waals surface area contributed by atoms with Crippen LogP contribution in [0.2, 0.25) is 0 Å². The maximum Gasteiger partial charge on any atom is 0.124 e.